The molecular weight excluding hydrogens is 282 g/mol. The van der Waals surface area contributed by atoms with Crippen molar-refractivity contribution in [2.24, 2.45) is 0 Å². The fourth-order valence-electron chi connectivity index (χ4n) is 2.33. The molecule has 0 radical (unpaired) electrons. The van der Waals surface area contributed by atoms with Crippen LogP contribution in [0.25, 0.3) is 0 Å². The van der Waals surface area contributed by atoms with E-state index >= 15 is 0 Å². The Kier molecular flexibility index (Phi) is 4.00. The van der Waals surface area contributed by atoms with E-state index in [9.17, 15) is 9.59 Å². The molecule has 6 heteroatoms. The zero-order valence-electron chi connectivity index (χ0n) is 11.7. The van der Waals surface area contributed by atoms with Crippen LogP contribution in [0.4, 0.5) is 4.79 Å². The fraction of sp³-hybridized carbons (Fsp3) is 0.188. The highest BCUT2D eigenvalue weighted by Crippen LogP contribution is 2.26. The molecule has 22 heavy (non-hydrogen) atoms. The lowest BCUT2D eigenvalue weighted by molar-refractivity contribution is -0.124. The number of nitrogens with zero attached hydrogens (tertiary/aromatic N) is 1. The molecule has 2 unspecified atom stereocenters. The van der Waals surface area contributed by atoms with Gasteiger partial charge in [0.2, 0.25) is 5.91 Å². The quantitative estimate of drug-likeness (QED) is 0.897. The second-order valence-corrected chi connectivity index (χ2v) is 4.94. The molecule has 1 aliphatic rings. The van der Waals surface area contributed by atoms with Crippen LogP contribution in [-0.4, -0.2) is 23.0 Å². The number of aromatic nitrogens is 1. The molecule has 0 bridgehead atoms. The van der Waals surface area contributed by atoms with E-state index in [0.717, 1.165) is 11.1 Å². The van der Waals surface area contributed by atoms with Crippen molar-refractivity contribution in [1.82, 2.24) is 15.6 Å². The number of nitrogens with one attached hydrogen (secondary N) is 2. The summed E-state index contributed by atoms with van der Waals surface area (Å²) in [5.41, 5.74) is 1.67. The molecule has 112 valence electrons. The van der Waals surface area contributed by atoms with Gasteiger partial charge in [0.15, 0.2) is 12.1 Å². The van der Waals surface area contributed by atoms with Crippen molar-refractivity contribution < 1.29 is 14.3 Å². The van der Waals surface area contributed by atoms with Crippen molar-refractivity contribution in [3.63, 3.8) is 0 Å². The molecule has 2 heterocycles. The van der Waals surface area contributed by atoms with Crippen LogP contribution in [-0.2, 0) is 16.1 Å². The van der Waals surface area contributed by atoms with Gasteiger partial charge in [-0.1, -0.05) is 36.4 Å². The lowest BCUT2D eigenvalue weighted by Crippen LogP contribution is -2.43. The van der Waals surface area contributed by atoms with Gasteiger partial charge >= 0.3 is 6.09 Å². The van der Waals surface area contributed by atoms with Crippen LogP contribution < -0.4 is 10.6 Å². The minimum absolute atomic E-state index is 0.288. The first-order valence-electron chi connectivity index (χ1n) is 6.93. The summed E-state index contributed by atoms with van der Waals surface area (Å²) in [7, 11) is 0. The van der Waals surface area contributed by atoms with Crippen LogP contribution in [0.15, 0.2) is 54.9 Å². The van der Waals surface area contributed by atoms with Crippen molar-refractivity contribution in [3.05, 3.63) is 66.0 Å². The molecular formula is C16H15N3O3. The van der Waals surface area contributed by atoms with Crippen molar-refractivity contribution in [2.45, 2.75) is 18.7 Å². The van der Waals surface area contributed by atoms with E-state index in [1.807, 2.05) is 36.4 Å². The minimum atomic E-state index is -0.744. The van der Waals surface area contributed by atoms with Crippen molar-refractivity contribution in [1.29, 1.82) is 0 Å². The zero-order valence-corrected chi connectivity index (χ0v) is 11.7. The first kappa shape index (κ1) is 14.1. The van der Waals surface area contributed by atoms with Gasteiger partial charge < -0.3 is 15.4 Å². The van der Waals surface area contributed by atoms with E-state index in [1.54, 1.807) is 18.5 Å². The topological polar surface area (TPSA) is 80.3 Å². The Balaban J connectivity index is 1.69. The Hall–Kier alpha value is -2.89. The van der Waals surface area contributed by atoms with Gasteiger partial charge in [0.25, 0.3) is 0 Å². The van der Waals surface area contributed by atoms with E-state index in [2.05, 4.69) is 15.6 Å². The highest BCUT2D eigenvalue weighted by atomic mass is 16.6. The molecule has 0 spiro atoms. The lowest BCUT2D eigenvalue weighted by atomic mass is 10.0. The van der Waals surface area contributed by atoms with Gasteiger partial charge in [0.05, 0.1) is 0 Å². The van der Waals surface area contributed by atoms with E-state index in [-0.39, 0.29) is 5.91 Å². The molecule has 3 rings (SSSR count). The number of pyridine rings is 1. The molecule has 1 saturated heterocycles. The molecule has 2 aromatic rings. The summed E-state index contributed by atoms with van der Waals surface area (Å²) in [6.45, 7) is 0.348. The average molecular weight is 297 g/mol. The summed E-state index contributed by atoms with van der Waals surface area (Å²) in [6, 6.07) is 12.1. The van der Waals surface area contributed by atoms with Crippen molar-refractivity contribution in [2.75, 3.05) is 0 Å². The van der Waals surface area contributed by atoms with Crippen molar-refractivity contribution in [3.8, 4) is 0 Å². The lowest BCUT2D eigenvalue weighted by Gasteiger charge is -2.16. The first-order valence-corrected chi connectivity index (χ1v) is 6.93. The molecule has 1 aromatic heterocycles. The molecule has 2 N–H and O–H groups in total. The maximum absolute atomic E-state index is 12.3. The van der Waals surface area contributed by atoms with Gasteiger partial charge in [-0.3, -0.25) is 9.78 Å². The second-order valence-electron chi connectivity index (χ2n) is 4.94. The SMILES string of the molecule is O=C1NC(C(=O)NCc2cccnc2)C(c2ccccc2)O1. The maximum atomic E-state index is 12.3. The smallest absolute Gasteiger partial charge is 0.408 e. The molecule has 2 atom stereocenters. The number of hydrogen-bond acceptors (Lipinski definition) is 4. The number of benzene rings is 1. The summed E-state index contributed by atoms with van der Waals surface area (Å²) < 4.78 is 5.21. The van der Waals surface area contributed by atoms with Crippen molar-refractivity contribution >= 4 is 12.0 Å². The van der Waals surface area contributed by atoms with E-state index in [1.165, 1.54) is 0 Å². The largest absolute Gasteiger partial charge is 0.439 e. The molecule has 2 amide bonds. The number of carbonyl (C=O) groups excluding carboxylic acids is 2. The van der Waals surface area contributed by atoms with Gasteiger partial charge in [-0.25, -0.2) is 4.79 Å². The first-order chi connectivity index (χ1) is 10.7. The summed E-state index contributed by atoms with van der Waals surface area (Å²) in [5, 5.41) is 5.34. The Morgan fingerprint density at radius 3 is 2.77 bits per heavy atom. The van der Waals surface area contributed by atoms with E-state index in [0.29, 0.717) is 6.54 Å². The van der Waals surface area contributed by atoms with Crippen LogP contribution in [0.5, 0.6) is 0 Å². The van der Waals surface area contributed by atoms with Crippen LogP contribution in [0.2, 0.25) is 0 Å². The Morgan fingerprint density at radius 1 is 1.23 bits per heavy atom. The number of cyclic esters (lactones) is 1. The normalized spacial score (nSPS) is 20.1. The molecule has 1 fully saturated rings. The third kappa shape index (κ3) is 3.06. The van der Waals surface area contributed by atoms with Gasteiger partial charge in [0, 0.05) is 18.9 Å². The number of ether oxygens (including phenoxy) is 1. The van der Waals surface area contributed by atoms with Gasteiger partial charge in [-0.15, -0.1) is 0 Å². The standard InChI is InChI=1S/C16H15N3O3/c20-15(18-10-11-5-4-8-17-9-11)13-14(22-16(21)19-13)12-6-2-1-3-7-12/h1-9,13-14H,10H2,(H,18,20)(H,19,21). The van der Waals surface area contributed by atoms with Gasteiger partial charge in [-0.2, -0.15) is 0 Å². The predicted octanol–water partition coefficient (Wildman–Crippen LogP) is 1.55. The van der Waals surface area contributed by atoms with Gasteiger partial charge in [0.1, 0.15) is 0 Å². The molecule has 6 nitrogen and oxygen atoms in total. The third-order valence-corrected chi connectivity index (χ3v) is 3.41. The number of amides is 2. The summed E-state index contributed by atoms with van der Waals surface area (Å²) >= 11 is 0. The molecule has 1 aromatic carbocycles. The summed E-state index contributed by atoms with van der Waals surface area (Å²) in [5.74, 6) is -0.288. The second kappa shape index (κ2) is 6.26. The molecule has 1 aliphatic heterocycles. The van der Waals surface area contributed by atoms with Crippen LogP contribution in [0, 0.1) is 0 Å². The zero-order chi connectivity index (χ0) is 15.4. The summed E-state index contributed by atoms with van der Waals surface area (Å²) in [4.78, 5) is 27.8. The molecule has 0 aliphatic carbocycles. The molecule has 0 saturated carbocycles. The average Bonchev–Trinajstić information content (AvgIpc) is 2.96. The van der Waals surface area contributed by atoms with Crippen LogP contribution in [0.1, 0.15) is 17.2 Å². The number of alkyl carbamates (subject to hydrolysis) is 1. The fourth-order valence-corrected chi connectivity index (χ4v) is 2.33. The monoisotopic (exact) mass is 297 g/mol. The number of rotatable bonds is 4. The third-order valence-electron chi connectivity index (χ3n) is 3.41. The van der Waals surface area contributed by atoms with Gasteiger partial charge in [-0.05, 0) is 17.2 Å². The Morgan fingerprint density at radius 2 is 2.05 bits per heavy atom. The number of hydrogen-bond donors (Lipinski definition) is 2. The Bertz CT molecular complexity index is 661. The van der Waals surface area contributed by atoms with Crippen LogP contribution >= 0.6 is 0 Å². The minimum Gasteiger partial charge on any atom is -0.439 e. The highest BCUT2D eigenvalue weighted by Gasteiger charge is 2.39. The predicted molar refractivity (Wildman–Crippen MR) is 78.7 cm³/mol. The van der Waals surface area contributed by atoms with E-state index in [4.69, 9.17) is 4.74 Å². The summed E-state index contributed by atoms with van der Waals surface area (Å²) in [6.07, 6.45) is 2.14. The maximum Gasteiger partial charge on any atom is 0.408 e. The van der Waals surface area contributed by atoms with E-state index < -0.39 is 18.2 Å². The highest BCUT2D eigenvalue weighted by molar-refractivity contribution is 5.88. The van der Waals surface area contributed by atoms with Crippen LogP contribution in [0.3, 0.4) is 0 Å². The number of carbonyl (C=O) groups is 2. The Labute approximate surface area is 127 Å².